The smallest absolute Gasteiger partial charge is 0.293 e. The average molecular weight is 437 g/mol. The maximum atomic E-state index is 13.0. The largest absolute Gasteiger partial charge is 0.358 e. The summed E-state index contributed by atoms with van der Waals surface area (Å²) in [7, 11) is 0. The van der Waals surface area contributed by atoms with Crippen molar-refractivity contribution in [3.8, 4) is 0 Å². The lowest BCUT2D eigenvalue weighted by molar-refractivity contribution is -0.122. The second-order valence-electron chi connectivity index (χ2n) is 7.28. The fraction of sp³-hybridized carbons (Fsp3) is 0.174. The SMILES string of the molecule is Cc1[nH]c2ccc(C(=O)NCCN3C(=O)S/C(=C\c4ccc(F)cc4)C3=O)cc2c1C. The molecule has 6 nitrogen and oxygen atoms in total. The summed E-state index contributed by atoms with van der Waals surface area (Å²) in [5.74, 6) is -1.07. The zero-order valence-electron chi connectivity index (χ0n) is 17.0. The van der Waals surface area contributed by atoms with Crippen molar-refractivity contribution in [2.24, 2.45) is 0 Å². The molecule has 3 amide bonds. The number of aromatic nitrogens is 1. The number of benzene rings is 2. The van der Waals surface area contributed by atoms with Crippen molar-refractivity contribution in [2.75, 3.05) is 13.1 Å². The zero-order chi connectivity index (χ0) is 22.1. The number of rotatable bonds is 5. The van der Waals surface area contributed by atoms with E-state index in [1.54, 1.807) is 12.1 Å². The van der Waals surface area contributed by atoms with Gasteiger partial charge in [0.1, 0.15) is 5.82 Å². The molecule has 4 rings (SSSR count). The van der Waals surface area contributed by atoms with Gasteiger partial charge in [0, 0.05) is 35.2 Å². The van der Waals surface area contributed by atoms with Gasteiger partial charge in [-0.2, -0.15) is 0 Å². The molecule has 1 saturated heterocycles. The summed E-state index contributed by atoms with van der Waals surface area (Å²) in [6.07, 6.45) is 1.55. The minimum Gasteiger partial charge on any atom is -0.358 e. The third-order valence-electron chi connectivity index (χ3n) is 5.23. The molecule has 158 valence electrons. The van der Waals surface area contributed by atoms with Gasteiger partial charge < -0.3 is 10.3 Å². The van der Waals surface area contributed by atoms with Gasteiger partial charge in [0.15, 0.2) is 0 Å². The maximum absolute atomic E-state index is 13.0. The molecule has 0 spiro atoms. The van der Waals surface area contributed by atoms with Crippen molar-refractivity contribution in [1.29, 1.82) is 0 Å². The third-order valence-corrected chi connectivity index (χ3v) is 6.14. The second-order valence-corrected chi connectivity index (χ2v) is 8.27. The number of hydrogen-bond acceptors (Lipinski definition) is 4. The third kappa shape index (κ3) is 4.25. The number of imide groups is 1. The van der Waals surface area contributed by atoms with Crippen LogP contribution in [0.2, 0.25) is 0 Å². The first kappa shape index (κ1) is 20.9. The molecule has 1 aliphatic heterocycles. The summed E-state index contributed by atoms with van der Waals surface area (Å²) in [5, 5.41) is 3.36. The van der Waals surface area contributed by atoms with Crippen LogP contribution < -0.4 is 5.32 Å². The van der Waals surface area contributed by atoms with Gasteiger partial charge in [0.2, 0.25) is 0 Å². The van der Waals surface area contributed by atoms with Crippen LogP contribution >= 0.6 is 11.8 Å². The predicted octanol–water partition coefficient (Wildman–Crippen LogP) is 4.39. The molecule has 0 aliphatic carbocycles. The molecule has 0 saturated carbocycles. The molecular weight excluding hydrogens is 417 g/mol. The topological polar surface area (TPSA) is 82.3 Å². The molecule has 2 heterocycles. The Morgan fingerprint density at radius 3 is 2.65 bits per heavy atom. The summed E-state index contributed by atoms with van der Waals surface area (Å²) < 4.78 is 13.0. The molecule has 2 N–H and O–H groups in total. The van der Waals surface area contributed by atoms with Gasteiger partial charge in [0.25, 0.3) is 17.1 Å². The van der Waals surface area contributed by atoms with E-state index >= 15 is 0 Å². The summed E-state index contributed by atoms with van der Waals surface area (Å²) >= 11 is 0.830. The van der Waals surface area contributed by atoms with E-state index in [1.807, 2.05) is 26.0 Å². The molecule has 8 heteroatoms. The zero-order valence-corrected chi connectivity index (χ0v) is 17.8. The molecule has 31 heavy (non-hydrogen) atoms. The van der Waals surface area contributed by atoms with E-state index in [4.69, 9.17) is 0 Å². The number of thioether (sulfide) groups is 1. The molecule has 0 atom stereocenters. The highest BCUT2D eigenvalue weighted by molar-refractivity contribution is 8.18. The van der Waals surface area contributed by atoms with Crippen LogP contribution in [0.4, 0.5) is 9.18 Å². The number of aryl methyl sites for hydroxylation is 2. The molecule has 1 fully saturated rings. The first-order valence-electron chi connectivity index (χ1n) is 9.71. The van der Waals surface area contributed by atoms with Crippen molar-refractivity contribution in [2.45, 2.75) is 13.8 Å². The van der Waals surface area contributed by atoms with E-state index < -0.39 is 11.1 Å². The van der Waals surface area contributed by atoms with E-state index in [2.05, 4.69) is 10.3 Å². The summed E-state index contributed by atoms with van der Waals surface area (Å²) in [5.41, 5.74) is 4.26. The Morgan fingerprint density at radius 1 is 1.16 bits per heavy atom. The number of aromatic amines is 1. The van der Waals surface area contributed by atoms with Crippen LogP contribution in [0.25, 0.3) is 17.0 Å². The fourth-order valence-electron chi connectivity index (χ4n) is 3.39. The lowest BCUT2D eigenvalue weighted by atomic mass is 10.1. The fourth-order valence-corrected chi connectivity index (χ4v) is 4.25. The first-order chi connectivity index (χ1) is 14.8. The monoisotopic (exact) mass is 437 g/mol. The van der Waals surface area contributed by atoms with Crippen LogP contribution in [-0.2, 0) is 4.79 Å². The summed E-state index contributed by atoms with van der Waals surface area (Å²) in [4.78, 5) is 41.9. The van der Waals surface area contributed by atoms with Crippen molar-refractivity contribution in [3.05, 3.63) is 75.6 Å². The van der Waals surface area contributed by atoms with Gasteiger partial charge in [0.05, 0.1) is 4.91 Å². The number of fused-ring (bicyclic) bond motifs is 1. The number of H-pyrrole nitrogens is 1. The summed E-state index contributed by atoms with van der Waals surface area (Å²) in [6.45, 7) is 4.19. The lowest BCUT2D eigenvalue weighted by Gasteiger charge is -2.13. The predicted molar refractivity (Wildman–Crippen MR) is 119 cm³/mol. The van der Waals surface area contributed by atoms with E-state index in [0.717, 1.165) is 38.8 Å². The average Bonchev–Trinajstić information content (AvgIpc) is 3.18. The van der Waals surface area contributed by atoms with Gasteiger partial charge in [-0.05, 0) is 73.1 Å². The number of hydrogen-bond donors (Lipinski definition) is 2. The van der Waals surface area contributed by atoms with Crippen LogP contribution in [0.3, 0.4) is 0 Å². The Morgan fingerprint density at radius 2 is 1.90 bits per heavy atom. The van der Waals surface area contributed by atoms with Crippen molar-refractivity contribution in [1.82, 2.24) is 15.2 Å². The van der Waals surface area contributed by atoms with Crippen LogP contribution in [0.5, 0.6) is 0 Å². The minimum atomic E-state index is -0.423. The number of nitrogens with one attached hydrogen (secondary N) is 2. The molecule has 0 bridgehead atoms. The second kappa shape index (κ2) is 8.39. The van der Waals surface area contributed by atoms with Gasteiger partial charge >= 0.3 is 0 Å². The van der Waals surface area contributed by atoms with Crippen LogP contribution in [0, 0.1) is 19.7 Å². The van der Waals surface area contributed by atoms with Gasteiger partial charge in [-0.3, -0.25) is 19.3 Å². The maximum Gasteiger partial charge on any atom is 0.293 e. The number of nitrogens with zero attached hydrogens (tertiary/aromatic N) is 1. The molecule has 1 aliphatic rings. The van der Waals surface area contributed by atoms with Crippen LogP contribution in [-0.4, -0.2) is 40.0 Å². The van der Waals surface area contributed by atoms with E-state index in [-0.39, 0.29) is 29.7 Å². The minimum absolute atomic E-state index is 0.0711. The Bertz CT molecular complexity index is 1230. The quantitative estimate of drug-likeness (QED) is 0.580. The van der Waals surface area contributed by atoms with E-state index in [1.165, 1.54) is 24.3 Å². The Hall–Kier alpha value is -3.39. The van der Waals surface area contributed by atoms with Gasteiger partial charge in [-0.1, -0.05) is 12.1 Å². The Kier molecular flexibility index (Phi) is 5.65. The number of halogens is 1. The van der Waals surface area contributed by atoms with Crippen molar-refractivity contribution >= 4 is 45.8 Å². The van der Waals surface area contributed by atoms with Gasteiger partial charge in [-0.25, -0.2) is 4.39 Å². The molecule has 0 radical (unpaired) electrons. The van der Waals surface area contributed by atoms with Crippen molar-refractivity contribution < 1.29 is 18.8 Å². The molecule has 2 aromatic carbocycles. The number of carbonyl (C=O) groups is 3. The molecular formula is C23H20FN3O3S. The highest BCUT2D eigenvalue weighted by Gasteiger charge is 2.34. The van der Waals surface area contributed by atoms with E-state index in [9.17, 15) is 18.8 Å². The number of amides is 3. The number of carbonyl (C=O) groups excluding carboxylic acids is 3. The molecule has 3 aromatic rings. The summed E-state index contributed by atoms with van der Waals surface area (Å²) in [6, 6.07) is 11.1. The van der Waals surface area contributed by atoms with Gasteiger partial charge in [-0.15, -0.1) is 0 Å². The van der Waals surface area contributed by atoms with Crippen LogP contribution in [0.1, 0.15) is 27.2 Å². The Balaban J connectivity index is 1.38. The van der Waals surface area contributed by atoms with E-state index in [0.29, 0.717) is 11.1 Å². The lowest BCUT2D eigenvalue weighted by Crippen LogP contribution is -2.37. The highest BCUT2D eigenvalue weighted by Crippen LogP contribution is 2.32. The van der Waals surface area contributed by atoms with Crippen LogP contribution in [0.15, 0.2) is 47.4 Å². The highest BCUT2D eigenvalue weighted by atomic mass is 32.2. The standard InChI is InChI=1S/C23H20FN3O3S/c1-13-14(2)26-19-8-5-16(12-18(13)19)21(28)25-9-10-27-22(29)20(31-23(27)30)11-15-3-6-17(24)7-4-15/h3-8,11-12,26H,9-10H2,1-2H3,(H,25,28)/b20-11-. The molecule has 0 unspecified atom stereocenters. The molecule has 1 aromatic heterocycles. The normalized spacial score (nSPS) is 15.3. The van der Waals surface area contributed by atoms with Crippen molar-refractivity contribution in [3.63, 3.8) is 0 Å². The first-order valence-corrected chi connectivity index (χ1v) is 10.5. The Labute approximate surface area is 182 Å².